The van der Waals surface area contributed by atoms with E-state index in [1.807, 2.05) is 13.0 Å². The Balaban J connectivity index is 2.71. The molecule has 2 atom stereocenters. The summed E-state index contributed by atoms with van der Waals surface area (Å²) in [5.74, 6) is 0.888. The van der Waals surface area contributed by atoms with E-state index in [4.69, 9.17) is 21.1 Å². The van der Waals surface area contributed by atoms with Crippen LogP contribution in [0.4, 0.5) is 0 Å². The lowest BCUT2D eigenvalue weighted by molar-refractivity contribution is 0.102. The first-order valence-corrected chi connectivity index (χ1v) is 5.96. The lowest BCUT2D eigenvalue weighted by Crippen LogP contribution is -2.09. The van der Waals surface area contributed by atoms with Gasteiger partial charge >= 0.3 is 0 Å². The molecule has 0 fully saturated rings. The highest BCUT2D eigenvalue weighted by atomic mass is 35.5. The molecule has 0 saturated heterocycles. The summed E-state index contributed by atoms with van der Waals surface area (Å²) in [5, 5.41) is 10.6. The third-order valence-electron chi connectivity index (χ3n) is 2.64. The van der Waals surface area contributed by atoms with Crippen LogP contribution in [0.2, 0.25) is 5.02 Å². The predicted molar refractivity (Wildman–Crippen MR) is 68.6 cm³/mol. The molecule has 0 aromatic heterocycles. The van der Waals surface area contributed by atoms with Gasteiger partial charge < -0.3 is 14.6 Å². The molecule has 3 nitrogen and oxygen atoms in total. The molecule has 1 aromatic rings. The Morgan fingerprint density at radius 1 is 1.35 bits per heavy atom. The first-order chi connectivity index (χ1) is 8.08. The Kier molecular flexibility index (Phi) is 5.75. The lowest BCUT2D eigenvalue weighted by Gasteiger charge is -2.17. The largest absolute Gasteiger partial charge is 0.495 e. The second-order valence-electron chi connectivity index (χ2n) is 4.21. The fourth-order valence-corrected chi connectivity index (χ4v) is 1.95. The molecule has 2 unspecified atom stereocenters. The lowest BCUT2D eigenvalue weighted by atomic mass is 9.99. The van der Waals surface area contributed by atoms with E-state index in [-0.39, 0.29) is 0 Å². The molecule has 4 heteroatoms. The number of ether oxygens (including phenoxy) is 2. The summed E-state index contributed by atoms with van der Waals surface area (Å²) in [7, 11) is 3.22. The minimum Gasteiger partial charge on any atom is -0.495 e. The second-order valence-corrected chi connectivity index (χ2v) is 4.61. The summed E-state index contributed by atoms with van der Waals surface area (Å²) in [5.41, 5.74) is 0.814. The van der Waals surface area contributed by atoms with Gasteiger partial charge in [-0.05, 0) is 30.0 Å². The van der Waals surface area contributed by atoms with Crippen LogP contribution in [0.3, 0.4) is 0 Å². The Morgan fingerprint density at radius 3 is 2.65 bits per heavy atom. The van der Waals surface area contributed by atoms with Crippen molar-refractivity contribution in [3.05, 3.63) is 28.8 Å². The van der Waals surface area contributed by atoms with Gasteiger partial charge in [0.05, 0.1) is 18.2 Å². The molecule has 0 aliphatic carbocycles. The van der Waals surface area contributed by atoms with Gasteiger partial charge in [0.15, 0.2) is 0 Å². The molecule has 17 heavy (non-hydrogen) atoms. The van der Waals surface area contributed by atoms with Crippen LogP contribution in [0.5, 0.6) is 5.75 Å². The Labute approximate surface area is 107 Å². The van der Waals surface area contributed by atoms with E-state index < -0.39 is 6.10 Å². The molecular weight excluding hydrogens is 240 g/mol. The van der Waals surface area contributed by atoms with E-state index in [1.54, 1.807) is 26.4 Å². The van der Waals surface area contributed by atoms with Gasteiger partial charge in [0.2, 0.25) is 0 Å². The van der Waals surface area contributed by atoms with Crippen molar-refractivity contribution in [3.8, 4) is 5.75 Å². The maximum absolute atomic E-state index is 10.1. The second kappa shape index (κ2) is 6.84. The molecule has 1 rings (SSSR count). The average Bonchev–Trinajstić information content (AvgIpc) is 2.29. The van der Waals surface area contributed by atoms with Gasteiger partial charge in [-0.25, -0.2) is 0 Å². The minimum absolute atomic E-state index is 0.302. The van der Waals surface area contributed by atoms with Crippen molar-refractivity contribution in [3.63, 3.8) is 0 Å². The van der Waals surface area contributed by atoms with Gasteiger partial charge in [-0.1, -0.05) is 24.6 Å². The first-order valence-electron chi connectivity index (χ1n) is 5.59. The van der Waals surface area contributed by atoms with Gasteiger partial charge in [0.1, 0.15) is 5.75 Å². The Morgan fingerprint density at radius 2 is 2.06 bits per heavy atom. The number of benzene rings is 1. The third-order valence-corrected chi connectivity index (χ3v) is 2.95. The normalized spacial score (nSPS) is 14.4. The van der Waals surface area contributed by atoms with Gasteiger partial charge in [-0.3, -0.25) is 0 Å². The molecule has 0 aliphatic heterocycles. The summed E-state index contributed by atoms with van der Waals surface area (Å²) < 4.78 is 10.2. The van der Waals surface area contributed by atoms with Gasteiger partial charge in [0, 0.05) is 13.7 Å². The SMILES string of the molecule is COCC(C)CC(O)c1ccc(Cl)c(OC)c1. The minimum atomic E-state index is -0.522. The Bertz CT molecular complexity index is 355. The summed E-state index contributed by atoms with van der Waals surface area (Å²) in [4.78, 5) is 0. The maximum atomic E-state index is 10.1. The standard InChI is InChI=1S/C13H19ClO3/c1-9(8-16-2)6-12(15)10-4-5-11(14)13(7-10)17-3/h4-5,7,9,12,15H,6,8H2,1-3H3. The molecule has 0 radical (unpaired) electrons. The van der Waals surface area contributed by atoms with Gasteiger partial charge in [-0.15, -0.1) is 0 Å². The number of aliphatic hydroxyl groups excluding tert-OH is 1. The third kappa shape index (κ3) is 4.19. The van der Waals surface area contributed by atoms with Crippen molar-refractivity contribution in [2.24, 2.45) is 5.92 Å². The summed E-state index contributed by atoms with van der Waals surface area (Å²) >= 11 is 5.93. The van der Waals surface area contributed by atoms with Crippen LogP contribution in [-0.2, 0) is 4.74 Å². The molecule has 0 amide bonds. The fraction of sp³-hybridized carbons (Fsp3) is 0.538. The molecule has 0 bridgehead atoms. The van der Waals surface area contributed by atoms with Crippen LogP contribution < -0.4 is 4.74 Å². The molecule has 0 heterocycles. The number of rotatable bonds is 6. The topological polar surface area (TPSA) is 38.7 Å². The maximum Gasteiger partial charge on any atom is 0.137 e. The zero-order valence-corrected chi connectivity index (χ0v) is 11.2. The molecule has 0 saturated carbocycles. The summed E-state index contributed by atoms with van der Waals surface area (Å²) in [6.07, 6.45) is 0.129. The monoisotopic (exact) mass is 258 g/mol. The van der Waals surface area contributed by atoms with Crippen molar-refractivity contribution < 1.29 is 14.6 Å². The van der Waals surface area contributed by atoms with Crippen LogP contribution in [0.25, 0.3) is 0 Å². The molecular formula is C13H19ClO3. The molecule has 1 aromatic carbocycles. The van der Waals surface area contributed by atoms with E-state index >= 15 is 0 Å². The van der Waals surface area contributed by atoms with E-state index in [0.717, 1.165) is 5.56 Å². The van der Waals surface area contributed by atoms with Crippen molar-refractivity contribution in [1.82, 2.24) is 0 Å². The van der Waals surface area contributed by atoms with E-state index in [9.17, 15) is 5.11 Å². The van der Waals surface area contributed by atoms with Crippen LogP contribution >= 0.6 is 11.6 Å². The number of methoxy groups -OCH3 is 2. The van der Waals surface area contributed by atoms with Gasteiger partial charge in [0.25, 0.3) is 0 Å². The van der Waals surface area contributed by atoms with Crippen molar-refractivity contribution in [2.75, 3.05) is 20.8 Å². The smallest absolute Gasteiger partial charge is 0.137 e. The number of aliphatic hydroxyl groups is 1. The highest BCUT2D eigenvalue weighted by Gasteiger charge is 2.14. The number of hydrogen-bond acceptors (Lipinski definition) is 3. The number of hydrogen-bond donors (Lipinski definition) is 1. The predicted octanol–water partition coefficient (Wildman–Crippen LogP) is 3.05. The highest BCUT2D eigenvalue weighted by molar-refractivity contribution is 6.32. The zero-order chi connectivity index (χ0) is 12.8. The van der Waals surface area contributed by atoms with Gasteiger partial charge in [-0.2, -0.15) is 0 Å². The summed E-state index contributed by atoms with van der Waals surface area (Å²) in [6.45, 7) is 2.68. The molecule has 0 spiro atoms. The molecule has 1 N–H and O–H groups in total. The fourth-order valence-electron chi connectivity index (χ4n) is 1.75. The van der Waals surface area contributed by atoms with Crippen molar-refractivity contribution in [2.45, 2.75) is 19.4 Å². The van der Waals surface area contributed by atoms with Crippen LogP contribution in [-0.4, -0.2) is 25.9 Å². The zero-order valence-electron chi connectivity index (χ0n) is 10.4. The van der Waals surface area contributed by atoms with E-state index in [2.05, 4.69) is 0 Å². The quantitative estimate of drug-likeness (QED) is 0.852. The first kappa shape index (κ1) is 14.3. The van der Waals surface area contributed by atoms with Crippen LogP contribution in [0.1, 0.15) is 25.0 Å². The summed E-state index contributed by atoms with van der Waals surface area (Å²) in [6, 6.07) is 5.32. The van der Waals surface area contributed by atoms with E-state index in [0.29, 0.717) is 29.7 Å². The van der Waals surface area contributed by atoms with Crippen molar-refractivity contribution >= 4 is 11.6 Å². The Hall–Kier alpha value is -0.770. The average molecular weight is 259 g/mol. The highest BCUT2D eigenvalue weighted by Crippen LogP contribution is 2.30. The van der Waals surface area contributed by atoms with Crippen LogP contribution in [0.15, 0.2) is 18.2 Å². The van der Waals surface area contributed by atoms with Crippen molar-refractivity contribution in [1.29, 1.82) is 0 Å². The molecule has 96 valence electrons. The van der Waals surface area contributed by atoms with E-state index in [1.165, 1.54) is 0 Å². The molecule has 0 aliphatic rings. The number of halogens is 1. The van der Waals surface area contributed by atoms with Crippen LogP contribution in [0, 0.1) is 5.92 Å².